The highest BCUT2D eigenvalue weighted by atomic mass is 19.1. The molecule has 1 aromatic carbocycles. The maximum Gasteiger partial charge on any atom is 0.148 e. The molecule has 1 unspecified atom stereocenters. The molecule has 3 atom stereocenters. The molecule has 1 saturated carbocycles. The van der Waals surface area contributed by atoms with Gasteiger partial charge in [-0.2, -0.15) is 5.10 Å². The van der Waals surface area contributed by atoms with Gasteiger partial charge in [0.1, 0.15) is 11.6 Å². The highest BCUT2D eigenvalue weighted by molar-refractivity contribution is 5.33. The lowest BCUT2D eigenvalue weighted by molar-refractivity contribution is 0.296. The summed E-state index contributed by atoms with van der Waals surface area (Å²) in [7, 11) is 0. The van der Waals surface area contributed by atoms with E-state index in [1.165, 1.54) is 0 Å². The van der Waals surface area contributed by atoms with Crippen molar-refractivity contribution >= 4 is 5.82 Å². The zero-order chi connectivity index (χ0) is 15.6. The number of aromatic nitrogens is 2. The van der Waals surface area contributed by atoms with E-state index in [-0.39, 0.29) is 5.82 Å². The Hall–Kier alpha value is -2.01. The Morgan fingerprint density at radius 2 is 1.87 bits per heavy atom. The number of anilines is 1. The molecule has 0 amide bonds. The van der Waals surface area contributed by atoms with Crippen LogP contribution in [-0.4, -0.2) is 34.2 Å². The standard InChI is InChI=1S/C18H21FN4/c19-17-5-2-1-4-13(17)10-23-11-14-8-16(9-15(14)12-23)21-18-6-3-7-20-22-18/h1-7,14-16H,8-12H2,(H,21,22)/t14-,15+,16?. The fourth-order valence-corrected chi connectivity index (χ4v) is 4.10. The van der Waals surface area contributed by atoms with Gasteiger partial charge in [-0.05, 0) is 42.9 Å². The van der Waals surface area contributed by atoms with Crippen LogP contribution >= 0.6 is 0 Å². The second-order valence-electron chi connectivity index (χ2n) is 6.73. The number of likely N-dealkylation sites (tertiary alicyclic amines) is 1. The molecule has 2 heterocycles. The molecule has 1 saturated heterocycles. The average molecular weight is 312 g/mol. The maximum absolute atomic E-state index is 13.8. The SMILES string of the molecule is Fc1ccccc1CN1C[C@H]2CC(Nc3cccnn3)C[C@H]2C1. The van der Waals surface area contributed by atoms with Crippen LogP contribution in [-0.2, 0) is 6.54 Å². The van der Waals surface area contributed by atoms with Crippen molar-refractivity contribution in [3.8, 4) is 0 Å². The summed E-state index contributed by atoms with van der Waals surface area (Å²) in [4.78, 5) is 2.40. The van der Waals surface area contributed by atoms with Gasteiger partial charge < -0.3 is 5.32 Å². The highest BCUT2D eigenvalue weighted by Gasteiger charge is 2.40. The zero-order valence-corrected chi connectivity index (χ0v) is 13.0. The molecule has 2 aromatic rings. The third-order valence-electron chi connectivity index (χ3n) is 5.10. The molecular weight excluding hydrogens is 291 g/mol. The Kier molecular flexibility index (Phi) is 3.95. The van der Waals surface area contributed by atoms with Crippen molar-refractivity contribution in [3.05, 3.63) is 54.0 Å². The van der Waals surface area contributed by atoms with Crippen molar-refractivity contribution in [3.63, 3.8) is 0 Å². The Morgan fingerprint density at radius 1 is 1.09 bits per heavy atom. The summed E-state index contributed by atoms with van der Waals surface area (Å²) in [5, 5.41) is 11.5. The predicted molar refractivity (Wildman–Crippen MR) is 87.3 cm³/mol. The molecule has 2 fully saturated rings. The molecule has 1 aromatic heterocycles. The Morgan fingerprint density at radius 3 is 2.57 bits per heavy atom. The van der Waals surface area contributed by atoms with Crippen LogP contribution in [0.15, 0.2) is 42.6 Å². The van der Waals surface area contributed by atoms with Crippen LogP contribution in [0.5, 0.6) is 0 Å². The maximum atomic E-state index is 13.8. The third-order valence-corrected chi connectivity index (χ3v) is 5.10. The number of benzene rings is 1. The van der Waals surface area contributed by atoms with Crippen LogP contribution < -0.4 is 5.32 Å². The van der Waals surface area contributed by atoms with Gasteiger partial charge in [-0.1, -0.05) is 18.2 Å². The molecular formula is C18H21FN4. The third kappa shape index (κ3) is 3.20. The van der Waals surface area contributed by atoms with Crippen molar-refractivity contribution in [2.24, 2.45) is 11.8 Å². The van der Waals surface area contributed by atoms with Crippen LogP contribution in [0.4, 0.5) is 10.2 Å². The Labute approximate surface area is 135 Å². The fourth-order valence-electron chi connectivity index (χ4n) is 4.10. The minimum absolute atomic E-state index is 0.0910. The lowest BCUT2D eigenvalue weighted by atomic mass is 10.0. The molecule has 4 nitrogen and oxygen atoms in total. The van der Waals surface area contributed by atoms with Gasteiger partial charge in [-0.15, -0.1) is 5.10 Å². The topological polar surface area (TPSA) is 41.0 Å². The summed E-state index contributed by atoms with van der Waals surface area (Å²) in [6.07, 6.45) is 4.01. The summed E-state index contributed by atoms with van der Waals surface area (Å²) in [5.74, 6) is 2.18. The Bertz CT molecular complexity index is 649. The van der Waals surface area contributed by atoms with Gasteiger partial charge in [0.05, 0.1) is 0 Å². The van der Waals surface area contributed by atoms with E-state index in [1.54, 1.807) is 18.3 Å². The predicted octanol–water partition coefficient (Wildman–Crippen LogP) is 2.94. The van der Waals surface area contributed by atoms with E-state index in [4.69, 9.17) is 0 Å². The zero-order valence-electron chi connectivity index (χ0n) is 13.0. The second-order valence-corrected chi connectivity index (χ2v) is 6.73. The van der Waals surface area contributed by atoms with Crippen molar-refractivity contribution in [1.82, 2.24) is 15.1 Å². The smallest absolute Gasteiger partial charge is 0.148 e. The van der Waals surface area contributed by atoms with E-state index in [1.807, 2.05) is 24.3 Å². The van der Waals surface area contributed by atoms with Crippen LogP contribution in [0, 0.1) is 17.7 Å². The van der Waals surface area contributed by atoms with Crippen molar-refractivity contribution in [1.29, 1.82) is 0 Å². The largest absolute Gasteiger partial charge is 0.366 e. The number of halogens is 1. The first-order valence-electron chi connectivity index (χ1n) is 8.28. The molecule has 2 aliphatic rings. The van der Waals surface area contributed by atoms with Gasteiger partial charge in [0.15, 0.2) is 0 Å². The summed E-state index contributed by atoms with van der Waals surface area (Å²) in [5.41, 5.74) is 0.807. The first-order valence-corrected chi connectivity index (χ1v) is 8.28. The van der Waals surface area contributed by atoms with E-state index in [0.717, 1.165) is 43.9 Å². The van der Waals surface area contributed by atoms with Crippen LogP contribution in [0.2, 0.25) is 0 Å². The second kappa shape index (κ2) is 6.24. The summed E-state index contributed by atoms with van der Waals surface area (Å²) >= 11 is 0. The molecule has 1 aliphatic heterocycles. The summed E-state index contributed by atoms with van der Waals surface area (Å²) < 4.78 is 13.8. The summed E-state index contributed by atoms with van der Waals surface area (Å²) in [6, 6.07) is 11.5. The number of nitrogens with one attached hydrogen (secondary N) is 1. The van der Waals surface area contributed by atoms with Crippen molar-refractivity contribution < 1.29 is 4.39 Å². The van der Waals surface area contributed by atoms with E-state index < -0.39 is 0 Å². The van der Waals surface area contributed by atoms with Crippen molar-refractivity contribution in [2.45, 2.75) is 25.4 Å². The van der Waals surface area contributed by atoms with Crippen LogP contribution in [0.1, 0.15) is 18.4 Å². The van der Waals surface area contributed by atoms with E-state index in [9.17, 15) is 4.39 Å². The van der Waals surface area contributed by atoms with E-state index in [2.05, 4.69) is 20.4 Å². The quantitative estimate of drug-likeness (QED) is 0.942. The van der Waals surface area contributed by atoms with E-state index in [0.29, 0.717) is 17.9 Å². The highest BCUT2D eigenvalue weighted by Crippen LogP contribution is 2.39. The number of hydrogen-bond donors (Lipinski definition) is 1. The van der Waals surface area contributed by atoms with Gasteiger partial charge in [0, 0.05) is 37.4 Å². The first-order chi connectivity index (χ1) is 11.3. The minimum atomic E-state index is -0.0910. The number of nitrogens with zero attached hydrogens (tertiary/aromatic N) is 3. The van der Waals surface area contributed by atoms with Gasteiger partial charge in [-0.25, -0.2) is 4.39 Å². The lowest BCUT2D eigenvalue weighted by Gasteiger charge is -2.20. The van der Waals surface area contributed by atoms with Gasteiger partial charge in [0.25, 0.3) is 0 Å². The number of rotatable bonds is 4. The molecule has 1 aliphatic carbocycles. The summed E-state index contributed by atoms with van der Waals surface area (Å²) in [6.45, 7) is 2.86. The number of hydrogen-bond acceptors (Lipinski definition) is 4. The first kappa shape index (κ1) is 14.6. The molecule has 0 radical (unpaired) electrons. The Balaban J connectivity index is 1.32. The average Bonchev–Trinajstić information content (AvgIpc) is 3.08. The minimum Gasteiger partial charge on any atom is -0.366 e. The number of fused-ring (bicyclic) bond motifs is 1. The molecule has 23 heavy (non-hydrogen) atoms. The van der Waals surface area contributed by atoms with Gasteiger partial charge >= 0.3 is 0 Å². The monoisotopic (exact) mass is 312 g/mol. The fraction of sp³-hybridized carbons (Fsp3) is 0.444. The van der Waals surface area contributed by atoms with Gasteiger partial charge in [0.2, 0.25) is 0 Å². The van der Waals surface area contributed by atoms with E-state index >= 15 is 0 Å². The molecule has 0 bridgehead atoms. The molecule has 120 valence electrons. The lowest BCUT2D eigenvalue weighted by Crippen LogP contribution is -2.25. The van der Waals surface area contributed by atoms with Crippen LogP contribution in [0.25, 0.3) is 0 Å². The van der Waals surface area contributed by atoms with Crippen LogP contribution in [0.3, 0.4) is 0 Å². The van der Waals surface area contributed by atoms with Crippen molar-refractivity contribution in [2.75, 3.05) is 18.4 Å². The normalized spacial score (nSPS) is 27.1. The molecule has 5 heteroatoms. The molecule has 4 rings (SSSR count). The van der Waals surface area contributed by atoms with Gasteiger partial charge in [-0.3, -0.25) is 4.90 Å². The molecule has 0 spiro atoms. The molecule has 1 N–H and O–H groups in total.